The van der Waals surface area contributed by atoms with Crippen molar-refractivity contribution < 1.29 is 4.79 Å². The minimum atomic E-state index is -0.0171. The highest BCUT2D eigenvalue weighted by molar-refractivity contribution is 6.43. The van der Waals surface area contributed by atoms with Crippen LogP contribution in [0, 0.1) is 5.92 Å². The predicted octanol–water partition coefficient (Wildman–Crippen LogP) is 3.17. The van der Waals surface area contributed by atoms with Crippen molar-refractivity contribution in [2.24, 2.45) is 5.92 Å². The summed E-state index contributed by atoms with van der Waals surface area (Å²) in [5, 5.41) is 4.25. The van der Waals surface area contributed by atoms with Crippen LogP contribution >= 0.6 is 35.6 Å². The van der Waals surface area contributed by atoms with Crippen molar-refractivity contribution in [2.45, 2.75) is 12.8 Å². The molecule has 1 aromatic rings. The van der Waals surface area contributed by atoms with Crippen LogP contribution < -0.4 is 5.32 Å². The third kappa shape index (κ3) is 4.77. The van der Waals surface area contributed by atoms with Crippen LogP contribution in [0.15, 0.2) is 18.2 Å². The van der Waals surface area contributed by atoms with Gasteiger partial charge in [-0.25, -0.2) is 0 Å². The number of piperazine rings is 1. The van der Waals surface area contributed by atoms with Gasteiger partial charge in [0.2, 0.25) is 0 Å². The molecule has 0 radical (unpaired) electrons. The number of benzene rings is 1. The Hall–Kier alpha value is -0.520. The second-order valence-electron chi connectivity index (χ2n) is 6.41. The van der Waals surface area contributed by atoms with Crippen molar-refractivity contribution in [2.75, 3.05) is 45.8 Å². The SMILES string of the molecule is Cl.O=C(c1cccc(Cl)c1Cl)N1CCN(CC2CCCNC2)CC1. The van der Waals surface area contributed by atoms with Gasteiger partial charge in [0.05, 0.1) is 15.6 Å². The standard InChI is InChI=1S/C17H23Cl2N3O.ClH/c18-15-5-1-4-14(16(15)19)17(23)22-9-7-21(8-10-22)12-13-3-2-6-20-11-13;/h1,4-5,13,20H,2-3,6-12H2;1H. The van der Waals surface area contributed by atoms with Crippen LogP contribution in [0.3, 0.4) is 0 Å². The zero-order valence-electron chi connectivity index (χ0n) is 13.6. The van der Waals surface area contributed by atoms with Gasteiger partial charge in [-0.3, -0.25) is 9.69 Å². The summed E-state index contributed by atoms with van der Waals surface area (Å²) in [5.74, 6) is 0.727. The van der Waals surface area contributed by atoms with Crippen molar-refractivity contribution in [1.29, 1.82) is 0 Å². The quantitative estimate of drug-likeness (QED) is 0.858. The molecule has 3 rings (SSSR count). The van der Waals surface area contributed by atoms with E-state index < -0.39 is 0 Å². The molecule has 1 N–H and O–H groups in total. The summed E-state index contributed by atoms with van der Waals surface area (Å²) in [6, 6.07) is 5.22. The molecule has 4 nitrogen and oxygen atoms in total. The van der Waals surface area contributed by atoms with E-state index in [4.69, 9.17) is 23.2 Å². The maximum Gasteiger partial charge on any atom is 0.255 e. The number of hydrogen-bond donors (Lipinski definition) is 1. The van der Waals surface area contributed by atoms with Gasteiger partial charge in [0.15, 0.2) is 0 Å². The number of amides is 1. The highest BCUT2D eigenvalue weighted by Crippen LogP contribution is 2.27. The van der Waals surface area contributed by atoms with Crippen LogP contribution in [0.2, 0.25) is 10.0 Å². The first-order valence-corrected chi connectivity index (χ1v) is 9.07. The van der Waals surface area contributed by atoms with Crippen LogP contribution in [-0.2, 0) is 0 Å². The number of nitrogens with zero attached hydrogens (tertiary/aromatic N) is 2. The Morgan fingerprint density at radius 2 is 1.96 bits per heavy atom. The molecule has 1 aromatic carbocycles. The number of nitrogens with one attached hydrogen (secondary N) is 1. The lowest BCUT2D eigenvalue weighted by molar-refractivity contribution is 0.0610. The lowest BCUT2D eigenvalue weighted by Crippen LogP contribution is -2.50. The lowest BCUT2D eigenvalue weighted by atomic mass is 9.99. The molecule has 0 aromatic heterocycles. The molecule has 134 valence electrons. The minimum Gasteiger partial charge on any atom is -0.336 e. The second-order valence-corrected chi connectivity index (χ2v) is 7.19. The van der Waals surface area contributed by atoms with Gasteiger partial charge in [-0.05, 0) is 44.0 Å². The summed E-state index contributed by atoms with van der Waals surface area (Å²) < 4.78 is 0. The van der Waals surface area contributed by atoms with Gasteiger partial charge < -0.3 is 10.2 Å². The summed E-state index contributed by atoms with van der Waals surface area (Å²) in [5.41, 5.74) is 0.504. The number of hydrogen-bond acceptors (Lipinski definition) is 3. The number of carbonyl (C=O) groups is 1. The van der Waals surface area contributed by atoms with E-state index in [-0.39, 0.29) is 18.3 Å². The molecule has 2 aliphatic heterocycles. The molecule has 7 heteroatoms. The third-order valence-corrected chi connectivity index (χ3v) is 5.58. The van der Waals surface area contributed by atoms with Gasteiger partial charge in [0.25, 0.3) is 5.91 Å². The first-order valence-electron chi connectivity index (χ1n) is 8.31. The molecule has 1 atom stereocenters. The third-order valence-electron chi connectivity index (χ3n) is 4.76. The summed E-state index contributed by atoms with van der Waals surface area (Å²) in [6.45, 7) is 6.77. The van der Waals surface area contributed by atoms with Gasteiger partial charge in [-0.15, -0.1) is 12.4 Å². The van der Waals surface area contributed by atoms with Crippen molar-refractivity contribution in [1.82, 2.24) is 15.1 Å². The average Bonchev–Trinajstić information content (AvgIpc) is 2.58. The first kappa shape index (κ1) is 19.8. The van der Waals surface area contributed by atoms with E-state index in [1.807, 2.05) is 4.90 Å². The predicted molar refractivity (Wildman–Crippen MR) is 102 cm³/mol. The van der Waals surface area contributed by atoms with Gasteiger partial charge in [0.1, 0.15) is 0 Å². The summed E-state index contributed by atoms with van der Waals surface area (Å²) in [6.07, 6.45) is 2.58. The Morgan fingerprint density at radius 1 is 1.21 bits per heavy atom. The van der Waals surface area contributed by atoms with Crippen LogP contribution in [0.1, 0.15) is 23.2 Å². The Morgan fingerprint density at radius 3 is 2.62 bits per heavy atom. The maximum absolute atomic E-state index is 12.6. The molecule has 2 saturated heterocycles. The van der Waals surface area contributed by atoms with Gasteiger partial charge in [0, 0.05) is 32.7 Å². The van der Waals surface area contributed by atoms with E-state index >= 15 is 0 Å². The molecule has 0 saturated carbocycles. The fourth-order valence-electron chi connectivity index (χ4n) is 3.42. The van der Waals surface area contributed by atoms with Crippen LogP contribution in [-0.4, -0.2) is 61.5 Å². The number of rotatable bonds is 3. The summed E-state index contributed by atoms with van der Waals surface area (Å²) >= 11 is 12.2. The summed E-state index contributed by atoms with van der Waals surface area (Å²) in [4.78, 5) is 17.0. The molecule has 2 aliphatic rings. The molecule has 0 bridgehead atoms. The van der Waals surface area contributed by atoms with Crippen molar-refractivity contribution in [3.63, 3.8) is 0 Å². The Balaban J connectivity index is 0.00000208. The van der Waals surface area contributed by atoms with Crippen LogP contribution in [0.4, 0.5) is 0 Å². The van der Waals surface area contributed by atoms with Crippen molar-refractivity contribution in [3.8, 4) is 0 Å². The molecule has 24 heavy (non-hydrogen) atoms. The second kappa shape index (κ2) is 9.25. The molecule has 1 unspecified atom stereocenters. The molecular formula is C17H24Cl3N3O. The van der Waals surface area contributed by atoms with Crippen LogP contribution in [0.5, 0.6) is 0 Å². The van der Waals surface area contributed by atoms with Gasteiger partial charge >= 0.3 is 0 Å². The highest BCUT2D eigenvalue weighted by Gasteiger charge is 2.25. The first-order chi connectivity index (χ1) is 11.1. The van der Waals surface area contributed by atoms with Crippen LogP contribution in [0.25, 0.3) is 0 Å². The zero-order chi connectivity index (χ0) is 16.2. The van der Waals surface area contributed by atoms with Gasteiger partial charge in [-0.1, -0.05) is 29.3 Å². The van der Waals surface area contributed by atoms with E-state index in [1.165, 1.54) is 12.8 Å². The zero-order valence-corrected chi connectivity index (χ0v) is 16.0. The lowest BCUT2D eigenvalue weighted by Gasteiger charge is -2.37. The van der Waals surface area contributed by atoms with E-state index in [0.717, 1.165) is 51.7 Å². The Labute approximate surface area is 159 Å². The largest absolute Gasteiger partial charge is 0.336 e. The van der Waals surface area contributed by atoms with E-state index in [9.17, 15) is 4.79 Å². The fourth-order valence-corrected chi connectivity index (χ4v) is 3.80. The normalized spacial score (nSPS) is 22.1. The van der Waals surface area contributed by atoms with E-state index in [0.29, 0.717) is 15.6 Å². The molecular weight excluding hydrogens is 369 g/mol. The van der Waals surface area contributed by atoms with E-state index in [1.54, 1.807) is 18.2 Å². The molecule has 0 aliphatic carbocycles. The Kier molecular flexibility index (Phi) is 7.63. The highest BCUT2D eigenvalue weighted by atomic mass is 35.5. The van der Waals surface area contributed by atoms with E-state index in [2.05, 4.69) is 10.2 Å². The monoisotopic (exact) mass is 391 g/mol. The fraction of sp³-hybridized carbons (Fsp3) is 0.588. The van der Waals surface area contributed by atoms with Gasteiger partial charge in [-0.2, -0.15) is 0 Å². The Bertz CT molecular complexity index is 556. The molecule has 2 fully saturated rings. The average molecular weight is 393 g/mol. The smallest absolute Gasteiger partial charge is 0.255 e. The number of piperidine rings is 1. The number of halogens is 3. The topological polar surface area (TPSA) is 35.6 Å². The molecule has 2 heterocycles. The summed E-state index contributed by atoms with van der Waals surface area (Å²) in [7, 11) is 0. The van der Waals surface area contributed by atoms with Crippen molar-refractivity contribution in [3.05, 3.63) is 33.8 Å². The van der Waals surface area contributed by atoms with Crippen molar-refractivity contribution >= 4 is 41.5 Å². The number of carbonyl (C=O) groups excluding carboxylic acids is 1. The minimum absolute atomic E-state index is 0. The molecule has 1 amide bonds. The maximum atomic E-state index is 12.6. The molecule has 0 spiro atoms.